The molecule has 6 heteroatoms. The van der Waals surface area contributed by atoms with E-state index < -0.39 is 5.60 Å². The van der Waals surface area contributed by atoms with Gasteiger partial charge >= 0.3 is 12.1 Å². The zero-order valence-corrected chi connectivity index (χ0v) is 16.8. The molecule has 0 spiro atoms. The maximum atomic E-state index is 12.7. The van der Waals surface area contributed by atoms with E-state index in [2.05, 4.69) is 15.9 Å². The van der Waals surface area contributed by atoms with Crippen molar-refractivity contribution in [1.82, 2.24) is 4.90 Å². The van der Waals surface area contributed by atoms with Crippen molar-refractivity contribution in [1.29, 1.82) is 0 Å². The summed E-state index contributed by atoms with van der Waals surface area (Å²) in [7, 11) is 1.37. The molecule has 1 aliphatic heterocycles. The average Bonchev–Trinajstić information content (AvgIpc) is 2.59. The third-order valence-electron chi connectivity index (χ3n) is 5.15. The van der Waals surface area contributed by atoms with Crippen LogP contribution >= 0.6 is 15.9 Å². The molecular weight excluding hydrogens is 386 g/mol. The lowest BCUT2D eigenvalue weighted by molar-refractivity contribution is -0.144. The fourth-order valence-corrected chi connectivity index (χ4v) is 3.51. The minimum atomic E-state index is -0.610. The van der Waals surface area contributed by atoms with E-state index >= 15 is 0 Å². The molecule has 0 saturated carbocycles. The van der Waals surface area contributed by atoms with Crippen molar-refractivity contribution in [2.75, 3.05) is 13.7 Å². The molecule has 1 unspecified atom stereocenters. The number of carbonyl (C=O) groups is 2. The minimum absolute atomic E-state index is 0.0635. The SMILES string of the molecule is COC(=O)CC[C@@]1(C(C)C)CCN(C(C)c2ccc(Br)cc2)C(=O)O1. The molecule has 5 nitrogen and oxygen atoms in total. The number of hydrogen-bond acceptors (Lipinski definition) is 4. The van der Waals surface area contributed by atoms with Crippen LogP contribution in [0.4, 0.5) is 4.79 Å². The highest BCUT2D eigenvalue weighted by molar-refractivity contribution is 9.10. The Kier molecular flexibility index (Phi) is 6.49. The number of halogens is 1. The fraction of sp³-hybridized carbons (Fsp3) is 0.579. The minimum Gasteiger partial charge on any atom is -0.469 e. The van der Waals surface area contributed by atoms with Crippen molar-refractivity contribution in [2.45, 2.75) is 51.7 Å². The van der Waals surface area contributed by atoms with Gasteiger partial charge < -0.3 is 14.4 Å². The van der Waals surface area contributed by atoms with E-state index in [4.69, 9.17) is 9.47 Å². The summed E-state index contributed by atoms with van der Waals surface area (Å²) < 4.78 is 11.6. The summed E-state index contributed by atoms with van der Waals surface area (Å²) in [4.78, 5) is 25.9. The number of benzene rings is 1. The summed E-state index contributed by atoms with van der Waals surface area (Å²) in [5, 5.41) is 0. The Morgan fingerprint density at radius 3 is 2.48 bits per heavy atom. The highest BCUT2D eigenvalue weighted by Gasteiger charge is 2.44. The zero-order chi connectivity index (χ0) is 18.6. The van der Waals surface area contributed by atoms with E-state index in [1.807, 2.05) is 45.0 Å². The zero-order valence-electron chi connectivity index (χ0n) is 15.3. The lowest BCUT2D eigenvalue weighted by atomic mass is 9.81. The predicted octanol–water partition coefficient (Wildman–Crippen LogP) is 4.70. The van der Waals surface area contributed by atoms with E-state index in [0.29, 0.717) is 19.4 Å². The number of ether oxygens (including phenoxy) is 2. The Morgan fingerprint density at radius 1 is 1.32 bits per heavy atom. The predicted molar refractivity (Wildman–Crippen MR) is 99.2 cm³/mol. The van der Waals surface area contributed by atoms with Crippen LogP contribution in [0.2, 0.25) is 0 Å². The van der Waals surface area contributed by atoms with Gasteiger partial charge in [0, 0.05) is 23.9 Å². The van der Waals surface area contributed by atoms with E-state index in [-0.39, 0.29) is 30.4 Å². The molecule has 0 bridgehead atoms. The summed E-state index contributed by atoms with van der Waals surface area (Å²) in [6.07, 6.45) is 1.13. The lowest BCUT2D eigenvalue weighted by Gasteiger charge is -2.45. The van der Waals surface area contributed by atoms with Gasteiger partial charge in [-0.15, -0.1) is 0 Å². The number of rotatable bonds is 6. The lowest BCUT2D eigenvalue weighted by Crippen LogP contribution is -2.53. The standard InChI is InChI=1S/C19H26BrNO4/c1-13(2)19(10-9-17(22)24-4)11-12-21(18(23)25-19)14(3)15-5-7-16(20)8-6-15/h5-8,13-14H,9-12H2,1-4H3/t14?,19-/m0/s1. The van der Waals surface area contributed by atoms with Crippen LogP contribution < -0.4 is 0 Å². The Bertz CT molecular complexity index is 616. The topological polar surface area (TPSA) is 55.8 Å². The molecule has 1 aromatic rings. The molecule has 1 aromatic carbocycles. The largest absolute Gasteiger partial charge is 0.469 e. The van der Waals surface area contributed by atoms with Gasteiger partial charge in [0.2, 0.25) is 0 Å². The molecule has 25 heavy (non-hydrogen) atoms. The highest BCUT2D eigenvalue weighted by Crippen LogP contribution is 2.38. The molecule has 0 radical (unpaired) electrons. The van der Waals surface area contributed by atoms with Crippen LogP contribution in [0.3, 0.4) is 0 Å². The van der Waals surface area contributed by atoms with E-state index in [1.54, 1.807) is 4.90 Å². The number of carbonyl (C=O) groups excluding carboxylic acids is 2. The van der Waals surface area contributed by atoms with E-state index in [0.717, 1.165) is 10.0 Å². The average molecular weight is 412 g/mol. The van der Waals surface area contributed by atoms with Crippen molar-refractivity contribution in [3.05, 3.63) is 34.3 Å². The van der Waals surface area contributed by atoms with Crippen LogP contribution in [0.1, 0.15) is 51.6 Å². The molecule has 1 amide bonds. The van der Waals surface area contributed by atoms with Gasteiger partial charge in [-0.3, -0.25) is 4.79 Å². The van der Waals surface area contributed by atoms with Gasteiger partial charge in [0.25, 0.3) is 0 Å². The van der Waals surface area contributed by atoms with Crippen molar-refractivity contribution in [2.24, 2.45) is 5.92 Å². The molecule has 0 N–H and O–H groups in total. The van der Waals surface area contributed by atoms with E-state index in [9.17, 15) is 9.59 Å². The van der Waals surface area contributed by atoms with Crippen molar-refractivity contribution < 1.29 is 19.1 Å². The maximum Gasteiger partial charge on any atom is 0.410 e. The molecular formula is C19H26BrNO4. The van der Waals surface area contributed by atoms with E-state index in [1.165, 1.54) is 7.11 Å². The Balaban J connectivity index is 2.10. The Morgan fingerprint density at radius 2 is 1.96 bits per heavy atom. The highest BCUT2D eigenvalue weighted by atomic mass is 79.9. The number of hydrogen-bond donors (Lipinski definition) is 0. The molecule has 2 rings (SSSR count). The van der Waals surface area contributed by atoms with Gasteiger partial charge in [0.1, 0.15) is 5.60 Å². The molecule has 1 aliphatic rings. The van der Waals surface area contributed by atoms with Gasteiger partial charge in [0.05, 0.1) is 13.2 Å². The first-order valence-electron chi connectivity index (χ1n) is 8.61. The normalized spacial score (nSPS) is 21.8. The molecule has 1 heterocycles. The van der Waals surface area contributed by atoms with Gasteiger partial charge in [-0.25, -0.2) is 4.79 Å². The summed E-state index contributed by atoms with van der Waals surface area (Å²) in [6.45, 7) is 6.66. The van der Waals surface area contributed by atoms with Crippen LogP contribution in [-0.2, 0) is 14.3 Å². The summed E-state index contributed by atoms with van der Waals surface area (Å²) >= 11 is 3.43. The number of cyclic esters (lactones) is 1. The Labute approximate surface area is 157 Å². The fourth-order valence-electron chi connectivity index (χ4n) is 3.24. The third kappa shape index (κ3) is 4.54. The van der Waals surface area contributed by atoms with Gasteiger partial charge in [-0.2, -0.15) is 0 Å². The Hall–Kier alpha value is -1.56. The van der Waals surface area contributed by atoms with Crippen LogP contribution in [0.15, 0.2) is 28.7 Å². The second kappa shape index (κ2) is 8.21. The van der Waals surface area contributed by atoms with Gasteiger partial charge in [-0.05, 0) is 37.0 Å². The number of esters is 1. The molecule has 1 fully saturated rings. The van der Waals surface area contributed by atoms with Gasteiger partial charge in [0.15, 0.2) is 0 Å². The number of nitrogens with zero attached hydrogens (tertiary/aromatic N) is 1. The van der Waals surface area contributed by atoms with Crippen molar-refractivity contribution in [3.8, 4) is 0 Å². The van der Waals surface area contributed by atoms with Crippen molar-refractivity contribution >= 4 is 28.0 Å². The summed E-state index contributed by atoms with van der Waals surface area (Å²) in [6, 6.07) is 7.88. The first-order valence-corrected chi connectivity index (χ1v) is 9.40. The molecule has 2 atom stereocenters. The van der Waals surface area contributed by atoms with Crippen molar-refractivity contribution in [3.63, 3.8) is 0 Å². The summed E-state index contributed by atoms with van der Waals surface area (Å²) in [5.41, 5.74) is 0.452. The molecule has 0 aliphatic carbocycles. The second-order valence-electron chi connectivity index (χ2n) is 6.83. The summed E-state index contributed by atoms with van der Waals surface area (Å²) in [5.74, 6) is -0.145. The second-order valence-corrected chi connectivity index (χ2v) is 7.75. The van der Waals surface area contributed by atoms with Crippen LogP contribution in [-0.4, -0.2) is 36.2 Å². The van der Waals surface area contributed by atoms with Crippen LogP contribution in [0.25, 0.3) is 0 Å². The van der Waals surface area contributed by atoms with Crippen LogP contribution in [0.5, 0.6) is 0 Å². The molecule has 1 saturated heterocycles. The third-order valence-corrected chi connectivity index (χ3v) is 5.68. The first kappa shape index (κ1) is 19.8. The smallest absolute Gasteiger partial charge is 0.410 e. The number of amides is 1. The van der Waals surface area contributed by atoms with Crippen LogP contribution in [0, 0.1) is 5.92 Å². The maximum absolute atomic E-state index is 12.7. The monoisotopic (exact) mass is 411 g/mol. The molecule has 138 valence electrons. The molecule has 0 aromatic heterocycles. The van der Waals surface area contributed by atoms with Gasteiger partial charge in [-0.1, -0.05) is 41.9 Å². The number of methoxy groups -OCH3 is 1. The first-order chi connectivity index (χ1) is 11.8. The quantitative estimate of drug-likeness (QED) is 0.636.